The molecular weight excluding hydrogens is 216 g/mol. The summed E-state index contributed by atoms with van der Waals surface area (Å²) in [6, 6.07) is 11.9. The van der Waals surface area contributed by atoms with Crippen LogP contribution in [-0.4, -0.2) is 14.9 Å². The summed E-state index contributed by atoms with van der Waals surface area (Å²) in [4.78, 5) is 0. The van der Waals surface area contributed by atoms with Crippen LogP contribution >= 0.6 is 0 Å². The first kappa shape index (κ1) is 11.8. The minimum absolute atomic E-state index is 0.0352. The lowest BCUT2D eigenvalue weighted by Crippen LogP contribution is -2.06. The quantitative estimate of drug-likeness (QED) is 0.856. The molecule has 0 unspecified atom stereocenters. The number of rotatable bonds is 5. The third kappa shape index (κ3) is 3.15. The third-order valence-electron chi connectivity index (χ3n) is 2.52. The predicted molar refractivity (Wildman–Crippen MR) is 64.1 cm³/mol. The third-order valence-corrected chi connectivity index (χ3v) is 2.52. The Hall–Kier alpha value is -1.65. The summed E-state index contributed by atoms with van der Waals surface area (Å²) >= 11 is 0. The Morgan fingerprint density at radius 3 is 2.71 bits per heavy atom. The fourth-order valence-corrected chi connectivity index (χ4v) is 1.61. The van der Waals surface area contributed by atoms with Crippen LogP contribution in [-0.2, 0) is 24.7 Å². The molecule has 4 heteroatoms. The first-order valence-electron chi connectivity index (χ1n) is 5.55. The smallest absolute Gasteiger partial charge is 0.140 e. The highest BCUT2D eigenvalue weighted by Crippen LogP contribution is 2.05. The molecule has 1 aromatic carbocycles. The average Bonchev–Trinajstić information content (AvgIpc) is 2.72. The van der Waals surface area contributed by atoms with Crippen molar-refractivity contribution in [3.8, 4) is 0 Å². The van der Waals surface area contributed by atoms with Crippen LogP contribution in [0.1, 0.15) is 17.0 Å². The maximum atomic E-state index is 8.96. The van der Waals surface area contributed by atoms with Crippen LogP contribution in [0.5, 0.6) is 0 Å². The van der Waals surface area contributed by atoms with E-state index >= 15 is 0 Å². The summed E-state index contributed by atoms with van der Waals surface area (Å²) in [5, 5.41) is 13.2. The van der Waals surface area contributed by atoms with Crippen LogP contribution in [0.4, 0.5) is 0 Å². The van der Waals surface area contributed by atoms with E-state index in [1.165, 1.54) is 0 Å². The Balaban J connectivity index is 1.88. The molecule has 0 atom stereocenters. The second-order valence-electron chi connectivity index (χ2n) is 3.90. The number of ether oxygens (including phenoxy) is 1. The van der Waals surface area contributed by atoms with E-state index in [1.54, 1.807) is 4.68 Å². The van der Waals surface area contributed by atoms with Crippen molar-refractivity contribution in [2.75, 3.05) is 0 Å². The summed E-state index contributed by atoms with van der Waals surface area (Å²) in [7, 11) is 0. The van der Waals surface area contributed by atoms with Crippen molar-refractivity contribution in [1.82, 2.24) is 9.78 Å². The van der Waals surface area contributed by atoms with E-state index in [-0.39, 0.29) is 6.61 Å². The van der Waals surface area contributed by atoms with E-state index in [0.717, 1.165) is 11.3 Å². The predicted octanol–water partition coefficient (Wildman–Crippen LogP) is 1.86. The number of aryl methyl sites for hydroxylation is 1. The Labute approximate surface area is 100 Å². The lowest BCUT2D eigenvalue weighted by molar-refractivity contribution is 0.0542. The van der Waals surface area contributed by atoms with Crippen LogP contribution in [0.25, 0.3) is 0 Å². The van der Waals surface area contributed by atoms with Crippen molar-refractivity contribution in [3.05, 3.63) is 53.3 Å². The largest absolute Gasteiger partial charge is 0.390 e. The van der Waals surface area contributed by atoms with E-state index in [0.29, 0.717) is 19.0 Å². The molecule has 17 heavy (non-hydrogen) atoms. The zero-order chi connectivity index (χ0) is 12.1. The molecule has 90 valence electrons. The first-order chi connectivity index (χ1) is 8.29. The molecule has 2 aromatic rings. The van der Waals surface area contributed by atoms with Gasteiger partial charge < -0.3 is 9.84 Å². The van der Waals surface area contributed by atoms with Crippen LogP contribution < -0.4 is 0 Å². The minimum atomic E-state index is -0.0352. The molecule has 0 radical (unpaired) electrons. The van der Waals surface area contributed by atoms with Gasteiger partial charge in [0.2, 0.25) is 0 Å². The van der Waals surface area contributed by atoms with Gasteiger partial charge in [-0.25, -0.2) is 4.68 Å². The topological polar surface area (TPSA) is 47.3 Å². The van der Waals surface area contributed by atoms with Crippen molar-refractivity contribution >= 4 is 0 Å². The number of nitrogens with zero attached hydrogens (tertiary/aromatic N) is 2. The highest BCUT2D eigenvalue weighted by atomic mass is 16.5. The van der Waals surface area contributed by atoms with Gasteiger partial charge in [-0.15, -0.1) is 0 Å². The summed E-state index contributed by atoms with van der Waals surface area (Å²) in [5.74, 6) is 0. The van der Waals surface area contributed by atoms with Crippen molar-refractivity contribution < 1.29 is 9.84 Å². The Kier molecular flexibility index (Phi) is 3.90. The number of hydrogen-bond acceptors (Lipinski definition) is 3. The molecule has 1 N–H and O–H groups in total. The van der Waals surface area contributed by atoms with Gasteiger partial charge in [0.25, 0.3) is 0 Å². The molecule has 0 fully saturated rings. The molecule has 0 saturated carbocycles. The molecule has 0 bridgehead atoms. The van der Waals surface area contributed by atoms with Crippen molar-refractivity contribution in [2.24, 2.45) is 0 Å². The minimum Gasteiger partial charge on any atom is -0.390 e. The van der Waals surface area contributed by atoms with Crippen LogP contribution in [0.2, 0.25) is 0 Å². The van der Waals surface area contributed by atoms with E-state index < -0.39 is 0 Å². The SMILES string of the molecule is Cc1cc(CO)nn1COCc1ccccc1. The number of aliphatic hydroxyl groups excluding tert-OH is 1. The highest BCUT2D eigenvalue weighted by molar-refractivity contribution is 5.13. The Bertz CT molecular complexity index is 466. The second-order valence-corrected chi connectivity index (χ2v) is 3.90. The molecule has 0 aliphatic heterocycles. The molecule has 0 amide bonds. The maximum Gasteiger partial charge on any atom is 0.140 e. The first-order valence-corrected chi connectivity index (χ1v) is 5.55. The Morgan fingerprint density at radius 1 is 1.29 bits per heavy atom. The fourth-order valence-electron chi connectivity index (χ4n) is 1.61. The average molecular weight is 232 g/mol. The standard InChI is InChI=1S/C13H16N2O2/c1-11-7-13(8-16)14-15(11)10-17-9-12-5-3-2-4-6-12/h2-7,16H,8-10H2,1H3. The van der Waals surface area contributed by atoms with Gasteiger partial charge in [0.15, 0.2) is 0 Å². The summed E-state index contributed by atoms with van der Waals surface area (Å²) in [6.07, 6.45) is 0. The highest BCUT2D eigenvalue weighted by Gasteiger charge is 2.02. The summed E-state index contributed by atoms with van der Waals surface area (Å²) in [5.41, 5.74) is 2.80. The maximum absolute atomic E-state index is 8.96. The molecule has 0 aliphatic rings. The van der Waals surface area contributed by atoms with E-state index in [1.807, 2.05) is 43.3 Å². The molecule has 2 rings (SSSR count). The molecule has 0 spiro atoms. The normalized spacial score (nSPS) is 10.7. The number of hydrogen-bond donors (Lipinski definition) is 1. The number of aliphatic hydroxyl groups is 1. The molecular formula is C13H16N2O2. The van der Waals surface area contributed by atoms with Gasteiger partial charge in [-0.3, -0.25) is 0 Å². The zero-order valence-electron chi connectivity index (χ0n) is 9.84. The molecule has 0 saturated heterocycles. The molecule has 1 aromatic heterocycles. The molecule has 4 nitrogen and oxygen atoms in total. The summed E-state index contributed by atoms with van der Waals surface area (Å²) in [6.45, 7) is 2.87. The fraction of sp³-hybridized carbons (Fsp3) is 0.308. The van der Waals surface area contributed by atoms with E-state index in [2.05, 4.69) is 5.10 Å². The van der Waals surface area contributed by atoms with Gasteiger partial charge in [0.1, 0.15) is 6.73 Å². The Morgan fingerprint density at radius 2 is 2.06 bits per heavy atom. The second kappa shape index (κ2) is 5.61. The summed E-state index contributed by atoms with van der Waals surface area (Å²) < 4.78 is 7.31. The number of benzene rings is 1. The van der Waals surface area contributed by atoms with Gasteiger partial charge in [0, 0.05) is 5.69 Å². The monoisotopic (exact) mass is 232 g/mol. The van der Waals surface area contributed by atoms with Gasteiger partial charge in [-0.2, -0.15) is 5.10 Å². The lowest BCUT2D eigenvalue weighted by atomic mass is 10.2. The van der Waals surface area contributed by atoms with Crippen molar-refractivity contribution in [3.63, 3.8) is 0 Å². The van der Waals surface area contributed by atoms with Gasteiger partial charge in [-0.05, 0) is 18.6 Å². The van der Waals surface area contributed by atoms with Gasteiger partial charge >= 0.3 is 0 Å². The van der Waals surface area contributed by atoms with Gasteiger partial charge in [-0.1, -0.05) is 30.3 Å². The van der Waals surface area contributed by atoms with Crippen molar-refractivity contribution in [2.45, 2.75) is 26.9 Å². The number of aromatic nitrogens is 2. The van der Waals surface area contributed by atoms with E-state index in [9.17, 15) is 0 Å². The van der Waals surface area contributed by atoms with Crippen molar-refractivity contribution in [1.29, 1.82) is 0 Å². The molecule has 0 aliphatic carbocycles. The zero-order valence-corrected chi connectivity index (χ0v) is 9.84. The lowest BCUT2D eigenvalue weighted by Gasteiger charge is -2.06. The molecule has 1 heterocycles. The van der Waals surface area contributed by atoms with Crippen LogP contribution in [0.15, 0.2) is 36.4 Å². The van der Waals surface area contributed by atoms with Crippen LogP contribution in [0, 0.1) is 6.92 Å². The van der Waals surface area contributed by atoms with Gasteiger partial charge in [0.05, 0.1) is 18.9 Å². The van der Waals surface area contributed by atoms with E-state index in [4.69, 9.17) is 9.84 Å². The van der Waals surface area contributed by atoms with Crippen LogP contribution in [0.3, 0.4) is 0 Å².